The molecular formula is C9H11N4Na2O6P. The van der Waals surface area contributed by atoms with E-state index in [4.69, 9.17) is 0 Å². The smallest absolute Gasteiger partial charge is 0.811 e. The van der Waals surface area contributed by atoms with Crippen molar-refractivity contribution in [1.29, 1.82) is 0 Å². The first kappa shape index (κ1) is 22.3. The first-order valence-corrected chi connectivity index (χ1v) is 7.35. The van der Waals surface area contributed by atoms with Crippen molar-refractivity contribution in [2.75, 3.05) is 6.16 Å². The zero-order valence-electron chi connectivity index (χ0n) is 12.1. The molecule has 10 nitrogen and oxygen atoms in total. The molecule has 0 fully saturated rings. The fraction of sp³-hybridized carbons (Fsp3) is 0.444. The largest absolute Gasteiger partial charge is 1.00 e. The molecule has 2 rings (SSSR count). The van der Waals surface area contributed by atoms with Gasteiger partial charge in [0.05, 0.1) is 12.4 Å². The van der Waals surface area contributed by atoms with Crippen LogP contribution >= 0.6 is 7.60 Å². The quantitative estimate of drug-likeness (QED) is 0.356. The SMILES string of the molecule is O=c1[nH]c(=O)c2ncn(CC[C@@H](O)CP(=O)([O-])[O-])c2[nH]1.[Na+].[Na+]. The van der Waals surface area contributed by atoms with Crippen LogP contribution in [0.3, 0.4) is 0 Å². The number of nitrogens with one attached hydrogen (secondary N) is 2. The summed E-state index contributed by atoms with van der Waals surface area (Å²) in [4.78, 5) is 51.8. The second kappa shape index (κ2) is 8.93. The van der Waals surface area contributed by atoms with E-state index in [0.29, 0.717) is 0 Å². The van der Waals surface area contributed by atoms with Crippen LogP contribution in [0.25, 0.3) is 11.2 Å². The number of hydrogen-bond acceptors (Lipinski definition) is 7. The monoisotopic (exact) mass is 348 g/mol. The molecule has 0 saturated heterocycles. The van der Waals surface area contributed by atoms with Gasteiger partial charge in [-0.15, -0.1) is 0 Å². The van der Waals surface area contributed by atoms with Gasteiger partial charge in [-0.05, 0) is 6.42 Å². The Hall–Kier alpha value is 0.260. The number of aliphatic hydroxyl groups excluding tert-OH is 1. The number of rotatable bonds is 5. The van der Waals surface area contributed by atoms with Crippen molar-refractivity contribution in [3.05, 3.63) is 27.2 Å². The van der Waals surface area contributed by atoms with Gasteiger partial charge in [0.2, 0.25) is 0 Å². The topological polar surface area (TPSA) is 167 Å². The summed E-state index contributed by atoms with van der Waals surface area (Å²) in [5.74, 6) is 0. The summed E-state index contributed by atoms with van der Waals surface area (Å²) >= 11 is 0. The van der Waals surface area contributed by atoms with Crippen molar-refractivity contribution in [2.24, 2.45) is 0 Å². The number of fused-ring (bicyclic) bond motifs is 1. The van der Waals surface area contributed by atoms with Crippen molar-refractivity contribution < 1.29 is 78.6 Å². The maximum atomic E-state index is 11.4. The number of aryl methyl sites for hydroxylation is 1. The molecule has 0 aliphatic heterocycles. The molecule has 1 atom stereocenters. The zero-order chi connectivity index (χ0) is 14.9. The molecule has 0 saturated carbocycles. The molecule has 0 aromatic carbocycles. The Kier molecular flexibility index (Phi) is 9.04. The third-order valence-electron chi connectivity index (χ3n) is 2.65. The number of imidazole rings is 1. The van der Waals surface area contributed by atoms with Crippen LogP contribution in [0.5, 0.6) is 0 Å². The van der Waals surface area contributed by atoms with Crippen molar-refractivity contribution in [2.45, 2.75) is 19.1 Å². The number of H-pyrrole nitrogens is 2. The Balaban J connectivity index is 0.00000220. The van der Waals surface area contributed by atoms with Gasteiger partial charge < -0.3 is 24.0 Å². The third kappa shape index (κ3) is 6.04. The van der Waals surface area contributed by atoms with Crippen LogP contribution in [0.15, 0.2) is 15.9 Å². The van der Waals surface area contributed by atoms with Crippen LogP contribution in [0.4, 0.5) is 0 Å². The standard InChI is InChI=1S/C9H13N4O6P.2Na/c14-5(3-20(17,18)19)1-2-13-4-10-6-7(13)11-9(16)12-8(6)15;;/h4-5,14H,1-3H2,(H2,17,18,19)(H2,11,12,15,16);;/q;2*+1/p-2/t5-;;/m1../s1. The molecule has 0 spiro atoms. The average molecular weight is 348 g/mol. The van der Waals surface area contributed by atoms with Crippen LogP contribution in [-0.2, 0) is 11.1 Å². The first-order chi connectivity index (χ1) is 9.26. The van der Waals surface area contributed by atoms with Crippen LogP contribution in [0.2, 0.25) is 0 Å². The van der Waals surface area contributed by atoms with Gasteiger partial charge in [-0.3, -0.25) is 14.8 Å². The number of nitrogens with zero attached hydrogens (tertiary/aromatic N) is 2. The Morgan fingerprint density at radius 3 is 2.55 bits per heavy atom. The van der Waals surface area contributed by atoms with Crippen LogP contribution in [0.1, 0.15) is 6.42 Å². The number of hydrogen-bond donors (Lipinski definition) is 3. The predicted octanol–water partition coefficient (Wildman–Crippen LogP) is -8.91. The van der Waals surface area contributed by atoms with E-state index < -0.39 is 31.1 Å². The zero-order valence-corrected chi connectivity index (χ0v) is 17.0. The van der Waals surface area contributed by atoms with Crippen LogP contribution < -0.4 is 80.2 Å². The normalized spacial score (nSPS) is 12.5. The molecule has 0 amide bonds. The Morgan fingerprint density at radius 1 is 1.32 bits per heavy atom. The Bertz CT molecular complexity index is 780. The van der Waals surface area contributed by atoms with Gasteiger partial charge in [-0.1, -0.05) is 7.60 Å². The van der Waals surface area contributed by atoms with Gasteiger partial charge in [0.25, 0.3) is 5.56 Å². The van der Waals surface area contributed by atoms with E-state index >= 15 is 0 Å². The molecule has 2 aromatic heterocycles. The van der Waals surface area contributed by atoms with Gasteiger partial charge >= 0.3 is 64.8 Å². The second-order valence-corrected chi connectivity index (χ2v) is 5.87. The molecule has 0 aliphatic rings. The van der Waals surface area contributed by atoms with E-state index in [-0.39, 0.29) is 83.2 Å². The summed E-state index contributed by atoms with van der Waals surface area (Å²) in [6.07, 6.45) is -0.941. The summed E-state index contributed by atoms with van der Waals surface area (Å²) in [5, 5.41) is 9.42. The Labute approximate surface area is 168 Å². The van der Waals surface area contributed by atoms with E-state index in [9.17, 15) is 29.0 Å². The van der Waals surface area contributed by atoms with Crippen molar-refractivity contribution >= 4 is 18.8 Å². The van der Waals surface area contributed by atoms with Crippen LogP contribution in [-0.4, -0.2) is 36.9 Å². The second-order valence-electron chi connectivity index (χ2n) is 4.28. The van der Waals surface area contributed by atoms with Gasteiger partial charge in [-0.25, -0.2) is 9.78 Å². The molecule has 2 heterocycles. The minimum absolute atomic E-state index is 0. The van der Waals surface area contributed by atoms with Crippen molar-refractivity contribution in [3.63, 3.8) is 0 Å². The summed E-state index contributed by atoms with van der Waals surface area (Å²) in [5.41, 5.74) is -1.16. The van der Waals surface area contributed by atoms with Crippen molar-refractivity contribution in [1.82, 2.24) is 19.5 Å². The molecule has 2 aromatic rings. The van der Waals surface area contributed by atoms with Crippen molar-refractivity contribution in [3.8, 4) is 0 Å². The van der Waals surface area contributed by atoms with Gasteiger partial charge in [0, 0.05) is 12.7 Å². The van der Waals surface area contributed by atoms with Gasteiger partial charge in [0.15, 0.2) is 5.52 Å². The molecule has 110 valence electrons. The molecule has 0 radical (unpaired) electrons. The fourth-order valence-electron chi connectivity index (χ4n) is 1.79. The molecule has 0 aliphatic carbocycles. The van der Waals surface area contributed by atoms with Gasteiger partial charge in [0.1, 0.15) is 5.65 Å². The number of aromatic nitrogens is 4. The summed E-state index contributed by atoms with van der Waals surface area (Å²) in [6, 6.07) is 0. The predicted molar refractivity (Wildman–Crippen MR) is 64.1 cm³/mol. The minimum Gasteiger partial charge on any atom is -0.811 e. The van der Waals surface area contributed by atoms with E-state index in [1.165, 1.54) is 10.9 Å². The molecule has 3 N–H and O–H groups in total. The number of aliphatic hydroxyl groups is 1. The third-order valence-corrected chi connectivity index (χ3v) is 3.52. The summed E-state index contributed by atoms with van der Waals surface area (Å²) in [7, 11) is -4.78. The minimum atomic E-state index is -4.78. The molecule has 22 heavy (non-hydrogen) atoms. The fourth-order valence-corrected chi connectivity index (χ4v) is 2.49. The molecule has 0 unspecified atom stereocenters. The first-order valence-electron chi connectivity index (χ1n) is 5.63. The average Bonchev–Trinajstić information content (AvgIpc) is 2.67. The summed E-state index contributed by atoms with van der Waals surface area (Å²) in [6.45, 7) is 0.0943. The maximum absolute atomic E-state index is 11.4. The summed E-state index contributed by atoms with van der Waals surface area (Å²) < 4.78 is 11.9. The molecule has 13 heteroatoms. The van der Waals surface area contributed by atoms with Crippen LogP contribution in [0, 0.1) is 0 Å². The van der Waals surface area contributed by atoms with E-state index in [1.807, 2.05) is 4.98 Å². The molecule has 0 bridgehead atoms. The van der Waals surface area contributed by atoms with E-state index in [0.717, 1.165) is 0 Å². The van der Waals surface area contributed by atoms with E-state index in [2.05, 4.69) is 9.97 Å². The Morgan fingerprint density at radius 2 is 1.95 bits per heavy atom. The van der Waals surface area contributed by atoms with Gasteiger partial charge in [-0.2, -0.15) is 0 Å². The van der Waals surface area contributed by atoms with E-state index in [1.54, 1.807) is 0 Å². The maximum Gasteiger partial charge on any atom is 1.00 e. The molecular weight excluding hydrogens is 337 g/mol. The number of aromatic amines is 2.